The molecule has 7 aromatic rings. The number of aliphatic hydroxyl groups excluding tert-OH is 1. The van der Waals surface area contributed by atoms with Gasteiger partial charge in [0.05, 0.1) is 56.3 Å². The second kappa shape index (κ2) is 26.7. The molecule has 0 radical (unpaired) electrons. The molecular formula is C61H58O14. The monoisotopic (exact) mass is 1010 g/mol. The van der Waals surface area contributed by atoms with Crippen LogP contribution >= 0.6 is 0 Å². The third-order valence-electron chi connectivity index (χ3n) is 12.6. The molecule has 10 atom stereocenters. The maximum absolute atomic E-state index is 14.3. The number of carbonyl (C=O) groups is 3. The number of benzene rings is 7. The smallest absolute Gasteiger partial charge is 0.338 e. The maximum Gasteiger partial charge on any atom is 0.338 e. The zero-order valence-electron chi connectivity index (χ0n) is 41.0. The van der Waals surface area contributed by atoms with Gasteiger partial charge in [0.25, 0.3) is 0 Å². The highest BCUT2D eigenvalue weighted by Gasteiger charge is 2.56. The Hall–Kier alpha value is -7.37. The Morgan fingerprint density at radius 2 is 0.693 bits per heavy atom. The molecule has 0 aliphatic carbocycles. The number of hydrogen-bond donors (Lipinski definition) is 1. The zero-order valence-corrected chi connectivity index (χ0v) is 41.0. The van der Waals surface area contributed by atoms with E-state index in [9.17, 15) is 19.5 Å². The Kier molecular flexibility index (Phi) is 18.7. The molecule has 0 bridgehead atoms. The highest BCUT2D eigenvalue weighted by atomic mass is 16.8. The van der Waals surface area contributed by atoms with Gasteiger partial charge < -0.3 is 52.5 Å². The first-order valence-corrected chi connectivity index (χ1v) is 24.8. The predicted octanol–water partition coefficient (Wildman–Crippen LogP) is 9.09. The Labute approximate surface area is 435 Å². The molecule has 0 saturated carbocycles. The largest absolute Gasteiger partial charge is 0.453 e. The van der Waals surface area contributed by atoms with Gasteiger partial charge in [0.1, 0.15) is 30.5 Å². The molecule has 2 aliphatic heterocycles. The van der Waals surface area contributed by atoms with Gasteiger partial charge in [-0.05, 0) is 58.7 Å². The van der Waals surface area contributed by atoms with Crippen molar-refractivity contribution in [2.24, 2.45) is 0 Å². The number of ether oxygens (including phenoxy) is 10. The van der Waals surface area contributed by atoms with E-state index in [4.69, 9.17) is 47.4 Å². The topological polar surface area (TPSA) is 164 Å². The summed E-state index contributed by atoms with van der Waals surface area (Å²) in [4.78, 5) is 42.5. The van der Waals surface area contributed by atoms with E-state index >= 15 is 0 Å². The Bertz CT molecular complexity index is 2810. The van der Waals surface area contributed by atoms with Crippen molar-refractivity contribution in [3.8, 4) is 0 Å². The van der Waals surface area contributed by atoms with Crippen LogP contribution in [-0.2, 0) is 73.8 Å². The molecule has 1 N–H and O–H groups in total. The van der Waals surface area contributed by atoms with Gasteiger partial charge in [-0.15, -0.1) is 0 Å². The quantitative estimate of drug-likeness (QED) is 0.0505. The fourth-order valence-electron chi connectivity index (χ4n) is 8.80. The second-order valence-corrected chi connectivity index (χ2v) is 17.9. The zero-order chi connectivity index (χ0) is 51.6. The summed E-state index contributed by atoms with van der Waals surface area (Å²) in [6.07, 6.45) is -13.8. The van der Waals surface area contributed by atoms with E-state index < -0.39 is 79.3 Å². The molecule has 0 amide bonds. The summed E-state index contributed by atoms with van der Waals surface area (Å²) >= 11 is 0. The van der Waals surface area contributed by atoms with Crippen molar-refractivity contribution in [1.82, 2.24) is 0 Å². The lowest BCUT2D eigenvalue weighted by molar-refractivity contribution is -0.363. The van der Waals surface area contributed by atoms with E-state index in [1.165, 1.54) is 0 Å². The minimum Gasteiger partial charge on any atom is -0.453 e. The van der Waals surface area contributed by atoms with Crippen LogP contribution in [0.1, 0.15) is 53.3 Å². The maximum atomic E-state index is 14.3. The van der Waals surface area contributed by atoms with E-state index in [1.807, 2.05) is 121 Å². The minimum absolute atomic E-state index is 0.0156. The Morgan fingerprint density at radius 3 is 1.11 bits per heavy atom. The van der Waals surface area contributed by atoms with Gasteiger partial charge in [-0.1, -0.05) is 176 Å². The highest BCUT2D eigenvalue weighted by molar-refractivity contribution is 5.90. The summed E-state index contributed by atoms with van der Waals surface area (Å²) in [5, 5.41) is 11.9. The standard InChI is InChI=1S/C61H58O14/c62-57(46-30-16-5-17-31-46)72-51-50(41-67-37-43-24-10-2-11-25-43)71-61(56(69-39-45-28-14-4-15-29-45)53(51)68-38-44-26-12-3-13-27-44)75-52-49(40-66-36-42-22-8-1-9-23-42)70-60(65)55(74-59(64)48-34-20-7-21-35-48)54(52)73-58(63)47-32-18-6-19-33-47/h1-35,49-56,60-61,65H,36-41H2/t49-,50-,51-,52-,53+,54+,55-,56+,60+,61-/m1/s1. The molecule has 0 aromatic heterocycles. The summed E-state index contributed by atoms with van der Waals surface area (Å²) in [6, 6.07) is 63.0. The van der Waals surface area contributed by atoms with Crippen molar-refractivity contribution >= 4 is 17.9 Å². The summed E-state index contributed by atoms with van der Waals surface area (Å²) < 4.78 is 65.8. The molecule has 7 aromatic carbocycles. The lowest BCUT2D eigenvalue weighted by Gasteiger charge is -2.49. The van der Waals surface area contributed by atoms with Crippen molar-refractivity contribution in [3.05, 3.63) is 251 Å². The van der Waals surface area contributed by atoms with Gasteiger partial charge in [-0.25, -0.2) is 14.4 Å². The third kappa shape index (κ3) is 14.5. The van der Waals surface area contributed by atoms with E-state index in [1.54, 1.807) is 91.0 Å². The normalized spacial score (nSPS) is 23.4. The molecule has 14 heteroatoms. The van der Waals surface area contributed by atoms with Crippen LogP contribution < -0.4 is 0 Å². The van der Waals surface area contributed by atoms with Crippen LogP contribution in [0.5, 0.6) is 0 Å². The Balaban J connectivity index is 1.13. The molecule has 9 rings (SSSR count). The van der Waals surface area contributed by atoms with Crippen molar-refractivity contribution in [1.29, 1.82) is 0 Å². The SMILES string of the molecule is O=C(O[C@@H]1[C@@H](OC(=O)c2ccccc2)[C@@H](O)O[C@H](COCc2ccccc2)[C@H]1O[C@H]1O[C@H](COCc2ccccc2)[C@@H](OC(=O)c2ccccc2)[C@H](OCc2ccccc2)[C@@H]1OCc1ccccc1)c1ccccc1. The van der Waals surface area contributed by atoms with Gasteiger partial charge in [-0.2, -0.15) is 0 Å². The molecule has 14 nitrogen and oxygen atoms in total. The predicted molar refractivity (Wildman–Crippen MR) is 274 cm³/mol. The van der Waals surface area contributed by atoms with Crippen molar-refractivity contribution < 1.29 is 66.9 Å². The molecule has 2 heterocycles. The fourth-order valence-corrected chi connectivity index (χ4v) is 8.80. The molecule has 75 heavy (non-hydrogen) atoms. The molecule has 386 valence electrons. The van der Waals surface area contributed by atoms with Gasteiger partial charge >= 0.3 is 17.9 Å². The van der Waals surface area contributed by atoms with Crippen LogP contribution in [0.4, 0.5) is 0 Å². The fraction of sp³-hybridized carbons (Fsp3) is 0.262. The minimum atomic E-state index is -1.85. The average molecular weight is 1020 g/mol. The van der Waals surface area contributed by atoms with Crippen LogP contribution in [-0.4, -0.2) is 97.6 Å². The molecule has 0 spiro atoms. The van der Waals surface area contributed by atoms with Crippen molar-refractivity contribution in [3.63, 3.8) is 0 Å². The summed E-state index contributed by atoms with van der Waals surface area (Å²) in [5.74, 6) is -2.28. The first kappa shape index (κ1) is 52.5. The first-order chi connectivity index (χ1) is 36.9. The van der Waals surface area contributed by atoms with Crippen LogP contribution in [0.2, 0.25) is 0 Å². The van der Waals surface area contributed by atoms with E-state index in [2.05, 4.69) is 0 Å². The van der Waals surface area contributed by atoms with E-state index in [0.717, 1.165) is 22.3 Å². The third-order valence-corrected chi connectivity index (χ3v) is 12.6. The van der Waals surface area contributed by atoms with Crippen LogP contribution in [0.15, 0.2) is 212 Å². The highest BCUT2D eigenvalue weighted by Crippen LogP contribution is 2.36. The van der Waals surface area contributed by atoms with Gasteiger partial charge in [0, 0.05) is 0 Å². The van der Waals surface area contributed by atoms with Crippen molar-refractivity contribution in [2.75, 3.05) is 13.2 Å². The number of hydrogen-bond acceptors (Lipinski definition) is 14. The number of rotatable bonds is 22. The van der Waals surface area contributed by atoms with E-state index in [0.29, 0.717) is 5.56 Å². The molecule has 2 fully saturated rings. The van der Waals surface area contributed by atoms with Gasteiger partial charge in [0.15, 0.2) is 30.9 Å². The number of aliphatic hydroxyl groups is 1. The number of esters is 3. The lowest BCUT2D eigenvalue weighted by atomic mass is 9.95. The summed E-state index contributed by atoms with van der Waals surface area (Å²) in [7, 11) is 0. The molecular weight excluding hydrogens is 957 g/mol. The molecule has 0 unspecified atom stereocenters. The number of carbonyl (C=O) groups excluding carboxylic acids is 3. The molecule has 2 aliphatic rings. The lowest BCUT2D eigenvalue weighted by Crippen LogP contribution is -2.66. The Morgan fingerprint density at radius 1 is 0.360 bits per heavy atom. The second-order valence-electron chi connectivity index (χ2n) is 17.9. The van der Waals surface area contributed by atoms with Crippen LogP contribution in [0, 0.1) is 0 Å². The summed E-state index contributed by atoms with van der Waals surface area (Å²) in [6.45, 7) is 0.0252. The van der Waals surface area contributed by atoms with Crippen LogP contribution in [0.25, 0.3) is 0 Å². The first-order valence-electron chi connectivity index (χ1n) is 24.8. The van der Waals surface area contributed by atoms with Gasteiger partial charge in [0.2, 0.25) is 0 Å². The van der Waals surface area contributed by atoms with E-state index in [-0.39, 0.29) is 50.8 Å². The average Bonchev–Trinajstić information content (AvgIpc) is 3.46. The summed E-state index contributed by atoms with van der Waals surface area (Å²) in [5.41, 5.74) is 3.98. The molecule has 2 saturated heterocycles. The van der Waals surface area contributed by atoms with Gasteiger partial charge in [-0.3, -0.25) is 0 Å². The van der Waals surface area contributed by atoms with Crippen LogP contribution in [0.3, 0.4) is 0 Å². The van der Waals surface area contributed by atoms with Crippen molar-refractivity contribution in [2.45, 2.75) is 87.8 Å².